The molecule has 0 saturated heterocycles. The Morgan fingerprint density at radius 3 is 2.12 bits per heavy atom. The van der Waals surface area contributed by atoms with Crippen LogP contribution in [0.4, 0.5) is 11.4 Å². The highest BCUT2D eigenvalue weighted by molar-refractivity contribution is 9.10. The molecule has 0 saturated carbocycles. The number of rotatable bonds is 5. The second kappa shape index (κ2) is 10.0. The van der Waals surface area contributed by atoms with E-state index in [0.29, 0.717) is 16.9 Å². The summed E-state index contributed by atoms with van der Waals surface area (Å²) in [6.45, 7) is 6.29. The smallest absolute Gasteiger partial charge is 0.261 e. The Hall–Kier alpha value is -2.75. The summed E-state index contributed by atoms with van der Waals surface area (Å²) in [5, 5.41) is 5.64. The third kappa shape index (κ3) is 6.63. The Bertz CT molecular complexity index is 1270. The number of hydrogen-bond acceptors (Lipinski definition) is 4. The third-order valence-corrected chi connectivity index (χ3v) is 6.97. The molecule has 0 aliphatic heterocycles. The van der Waals surface area contributed by atoms with Crippen LogP contribution in [0.15, 0.2) is 82.2 Å². The van der Waals surface area contributed by atoms with Crippen LogP contribution >= 0.6 is 28.1 Å². The number of carbonyl (C=O) groups is 1. The van der Waals surface area contributed by atoms with Gasteiger partial charge in [0.05, 0.1) is 4.90 Å². The second-order valence-corrected chi connectivity index (χ2v) is 11.3. The molecule has 0 atom stereocenters. The van der Waals surface area contributed by atoms with Crippen molar-refractivity contribution in [1.82, 2.24) is 5.32 Å². The topological polar surface area (TPSA) is 87.3 Å². The lowest BCUT2D eigenvalue weighted by atomic mass is 9.86. The van der Waals surface area contributed by atoms with Crippen LogP contribution in [0.5, 0.6) is 0 Å². The number of para-hydroxylation sites is 1. The maximum atomic E-state index is 12.6. The summed E-state index contributed by atoms with van der Waals surface area (Å²) in [6, 6.07) is 20.1. The fourth-order valence-corrected chi connectivity index (χ4v) is 5.28. The minimum atomic E-state index is -3.72. The van der Waals surface area contributed by atoms with Crippen LogP contribution in [0.1, 0.15) is 36.7 Å². The van der Waals surface area contributed by atoms with Gasteiger partial charge in [-0.15, -0.1) is 0 Å². The van der Waals surface area contributed by atoms with Gasteiger partial charge in [0.1, 0.15) is 0 Å². The van der Waals surface area contributed by atoms with Gasteiger partial charge in [0.25, 0.3) is 15.9 Å². The lowest BCUT2D eigenvalue weighted by Gasteiger charge is -2.21. The van der Waals surface area contributed by atoms with Gasteiger partial charge < -0.3 is 5.32 Å². The first-order valence-corrected chi connectivity index (χ1v) is 12.7. The van der Waals surface area contributed by atoms with Crippen molar-refractivity contribution in [1.29, 1.82) is 0 Å². The zero-order chi connectivity index (χ0) is 24.2. The van der Waals surface area contributed by atoms with Crippen molar-refractivity contribution in [2.24, 2.45) is 0 Å². The maximum Gasteiger partial charge on any atom is 0.261 e. The predicted octanol–water partition coefficient (Wildman–Crippen LogP) is 5.67. The van der Waals surface area contributed by atoms with Crippen molar-refractivity contribution < 1.29 is 13.2 Å². The van der Waals surface area contributed by atoms with E-state index in [1.54, 1.807) is 54.6 Å². The third-order valence-electron chi connectivity index (χ3n) is 4.71. The maximum absolute atomic E-state index is 12.6. The molecule has 0 aromatic heterocycles. The first-order valence-electron chi connectivity index (χ1n) is 10.1. The van der Waals surface area contributed by atoms with Gasteiger partial charge in [0.15, 0.2) is 5.11 Å². The lowest BCUT2D eigenvalue weighted by Crippen LogP contribution is -2.34. The fourth-order valence-electron chi connectivity index (χ4n) is 3.04. The van der Waals surface area contributed by atoms with E-state index in [0.717, 1.165) is 10.0 Å². The summed E-state index contributed by atoms with van der Waals surface area (Å²) >= 11 is 8.77. The number of nitrogens with one attached hydrogen (secondary N) is 3. The summed E-state index contributed by atoms with van der Waals surface area (Å²) in [5.74, 6) is -0.347. The van der Waals surface area contributed by atoms with E-state index >= 15 is 0 Å². The van der Waals surface area contributed by atoms with Crippen LogP contribution < -0.4 is 15.4 Å². The highest BCUT2D eigenvalue weighted by Crippen LogP contribution is 2.30. The first kappa shape index (κ1) is 24.9. The Morgan fingerprint density at radius 2 is 1.55 bits per heavy atom. The molecule has 33 heavy (non-hydrogen) atoms. The monoisotopic (exact) mass is 545 g/mol. The number of hydrogen-bond donors (Lipinski definition) is 3. The van der Waals surface area contributed by atoms with E-state index in [2.05, 4.69) is 52.1 Å². The average Bonchev–Trinajstić information content (AvgIpc) is 2.73. The number of anilines is 2. The normalized spacial score (nSPS) is 11.5. The molecule has 0 fully saturated rings. The van der Waals surface area contributed by atoms with E-state index in [1.165, 1.54) is 12.1 Å². The molecule has 0 aliphatic carbocycles. The molecular formula is C24H24BrN3O3S2. The second-order valence-electron chi connectivity index (χ2n) is 8.35. The molecule has 0 heterocycles. The Balaban J connectivity index is 1.63. The Morgan fingerprint density at radius 1 is 0.909 bits per heavy atom. The molecule has 172 valence electrons. The van der Waals surface area contributed by atoms with Gasteiger partial charge in [-0.1, -0.05) is 61.0 Å². The minimum absolute atomic E-state index is 0.0546. The fraction of sp³-hybridized carbons (Fsp3) is 0.167. The number of carbonyl (C=O) groups excluding carboxylic acids is 1. The van der Waals surface area contributed by atoms with Gasteiger partial charge in [-0.25, -0.2) is 8.42 Å². The van der Waals surface area contributed by atoms with E-state index in [-0.39, 0.29) is 21.3 Å². The van der Waals surface area contributed by atoms with Crippen LogP contribution in [0, 0.1) is 0 Å². The molecule has 6 nitrogen and oxygen atoms in total. The largest absolute Gasteiger partial charge is 0.332 e. The molecular weight excluding hydrogens is 522 g/mol. The van der Waals surface area contributed by atoms with Crippen LogP contribution in [0.3, 0.4) is 0 Å². The summed E-state index contributed by atoms with van der Waals surface area (Å²) in [4.78, 5) is 12.7. The van der Waals surface area contributed by atoms with Gasteiger partial charge >= 0.3 is 0 Å². The molecule has 3 N–H and O–H groups in total. The molecule has 0 aliphatic rings. The first-order chi connectivity index (χ1) is 15.5. The van der Waals surface area contributed by atoms with Crippen molar-refractivity contribution in [3.8, 4) is 0 Å². The van der Waals surface area contributed by atoms with Crippen LogP contribution in [-0.2, 0) is 15.4 Å². The molecule has 0 bridgehead atoms. The molecule has 3 aromatic rings. The summed E-state index contributed by atoms with van der Waals surface area (Å²) in [7, 11) is -3.72. The molecule has 3 aromatic carbocycles. The van der Waals surface area contributed by atoms with Gasteiger partial charge in [0.2, 0.25) is 0 Å². The van der Waals surface area contributed by atoms with Gasteiger partial charge in [-0.2, -0.15) is 0 Å². The van der Waals surface area contributed by atoms with Crippen LogP contribution in [-0.4, -0.2) is 19.4 Å². The summed E-state index contributed by atoms with van der Waals surface area (Å²) in [6.07, 6.45) is 0. The number of halogens is 1. The number of thiocarbonyl (C=S) groups is 1. The molecule has 0 unspecified atom stereocenters. The molecule has 1 amide bonds. The minimum Gasteiger partial charge on any atom is -0.332 e. The van der Waals surface area contributed by atoms with Gasteiger partial charge in [-0.05, 0) is 71.7 Å². The van der Waals surface area contributed by atoms with Gasteiger partial charge in [0, 0.05) is 21.4 Å². The standard InChI is InChI=1S/C24H24BrN3O3S2/c1-24(2,3)20-14-9-16(15-21(20)25)22(29)27-23(32)26-17-10-12-19(13-11-17)33(30,31)28-18-7-5-4-6-8-18/h4-15,28H,1-3H3,(H2,26,27,29,32). The summed E-state index contributed by atoms with van der Waals surface area (Å²) in [5.41, 5.74) is 2.53. The van der Waals surface area contributed by atoms with Crippen molar-refractivity contribution in [3.05, 3.63) is 88.4 Å². The average molecular weight is 547 g/mol. The Labute approximate surface area is 208 Å². The van der Waals surface area contributed by atoms with Crippen LogP contribution in [0.25, 0.3) is 0 Å². The molecule has 0 radical (unpaired) electrons. The van der Waals surface area contributed by atoms with Crippen molar-refractivity contribution in [2.75, 3.05) is 10.0 Å². The molecule has 0 spiro atoms. The molecule has 9 heteroatoms. The zero-order valence-electron chi connectivity index (χ0n) is 18.3. The number of benzene rings is 3. The van der Waals surface area contributed by atoms with Crippen molar-refractivity contribution >= 4 is 60.6 Å². The SMILES string of the molecule is CC(C)(C)c1ccc(C(=O)NC(=S)Nc2ccc(S(=O)(=O)Nc3ccccc3)cc2)cc1Br. The zero-order valence-corrected chi connectivity index (χ0v) is 21.6. The number of amides is 1. The Kier molecular flexibility index (Phi) is 7.56. The van der Waals surface area contributed by atoms with E-state index in [4.69, 9.17) is 12.2 Å². The van der Waals surface area contributed by atoms with E-state index < -0.39 is 10.0 Å². The van der Waals surface area contributed by atoms with E-state index in [9.17, 15) is 13.2 Å². The van der Waals surface area contributed by atoms with Gasteiger partial charge in [-0.3, -0.25) is 14.8 Å². The highest BCUT2D eigenvalue weighted by Gasteiger charge is 2.19. The van der Waals surface area contributed by atoms with E-state index in [1.807, 2.05) is 6.07 Å². The lowest BCUT2D eigenvalue weighted by molar-refractivity contribution is 0.0977. The van der Waals surface area contributed by atoms with Crippen molar-refractivity contribution in [3.63, 3.8) is 0 Å². The summed E-state index contributed by atoms with van der Waals surface area (Å²) < 4.78 is 28.4. The predicted molar refractivity (Wildman–Crippen MR) is 140 cm³/mol. The van der Waals surface area contributed by atoms with Crippen molar-refractivity contribution in [2.45, 2.75) is 31.1 Å². The highest BCUT2D eigenvalue weighted by atomic mass is 79.9. The quantitative estimate of drug-likeness (QED) is 0.359. The number of sulfonamides is 1. The van der Waals surface area contributed by atoms with Crippen LogP contribution in [0.2, 0.25) is 0 Å². The molecule has 3 rings (SSSR count).